The predicted molar refractivity (Wildman–Crippen MR) is 50.6 cm³/mol. The third-order valence-electron chi connectivity index (χ3n) is 2.56. The van der Waals surface area contributed by atoms with E-state index in [4.69, 9.17) is 0 Å². The van der Waals surface area contributed by atoms with E-state index in [-0.39, 0.29) is 0 Å². The van der Waals surface area contributed by atoms with Gasteiger partial charge >= 0.3 is 0 Å². The molecule has 1 rings (SSSR count). The van der Waals surface area contributed by atoms with Crippen molar-refractivity contribution in [2.24, 2.45) is 5.92 Å². The van der Waals surface area contributed by atoms with Gasteiger partial charge < -0.3 is 0 Å². The standard InChI is InChI=1S/C11H20/c1-3-4-5-6-7-8-11-9-10(11)2/h9,11H,3-8H2,1-2H3. The first-order valence-electron chi connectivity index (χ1n) is 5.03. The first-order chi connectivity index (χ1) is 5.34. The van der Waals surface area contributed by atoms with Crippen LogP contribution in [0.3, 0.4) is 0 Å². The van der Waals surface area contributed by atoms with Crippen molar-refractivity contribution in [1.82, 2.24) is 0 Å². The zero-order valence-electron chi connectivity index (χ0n) is 7.90. The van der Waals surface area contributed by atoms with Crippen LogP contribution in [0, 0.1) is 5.92 Å². The lowest BCUT2D eigenvalue weighted by Gasteiger charge is -1.98. The molecule has 0 saturated heterocycles. The SMILES string of the molecule is CCCCCCCC1C=C1C. The van der Waals surface area contributed by atoms with Crippen LogP contribution in [0.5, 0.6) is 0 Å². The molecular weight excluding hydrogens is 132 g/mol. The smallest absolute Gasteiger partial charge is 0.00230 e. The van der Waals surface area contributed by atoms with Gasteiger partial charge in [-0.3, -0.25) is 0 Å². The van der Waals surface area contributed by atoms with E-state index in [0.29, 0.717) is 0 Å². The first-order valence-corrected chi connectivity index (χ1v) is 5.03. The van der Waals surface area contributed by atoms with Crippen molar-refractivity contribution in [3.63, 3.8) is 0 Å². The second kappa shape index (κ2) is 4.58. The van der Waals surface area contributed by atoms with E-state index in [1.807, 2.05) is 0 Å². The molecule has 0 bridgehead atoms. The van der Waals surface area contributed by atoms with E-state index >= 15 is 0 Å². The molecule has 0 radical (unpaired) electrons. The Balaban J connectivity index is 1.75. The fourth-order valence-electron chi connectivity index (χ4n) is 1.55. The van der Waals surface area contributed by atoms with Gasteiger partial charge in [-0.1, -0.05) is 50.7 Å². The molecule has 1 aliphatic rings. The fourth-order valence-corrected chi connectivity index (χ4v) is 1.55. The van der Waals surface area contributed by atoms with Crippen molar-refractivity contribution in [3.8, 4) is 0 Å². The van der Waals surface area contributed by atoms with Crippen LogP contribution in [-0.4, -0.2) is 0 Å². The van der Waals surface area contributed by atoms with E-state index in [1.54, 1.807) is 5.57 Å². The molecule has 0 N–H and O–H groups in total. The quantitative estimate of drug-likeness (QED) is 0.399. The van der Waals surface area contributed by atoms with Gasteiger partial charge in [0.15, 0.2) is 0 Å². The molecule has 0 spiro atoms. The molecule has 1 atom stereocenters. The Morgan fingerprint density at radius 2 is 1.82 bits per heavy atom. The average molecular weight is 152 g/mol. The Morgan fingerprint density at radius 1 is 1.18 bits per heavy atom. The maximum Gasteiger partial charge on any atom is -0.00230 e. The van der Waals surface area contributed by atoms with E-state index in [2.05, 4.69) is 19.9 Å². The number of hydrogen-bond acceptors (Lipinski definition) is 0. The molecule has 64 valence electrons. The molecule has 1 aliphatic carbocycles. The maximum absolute atomic E-state index is 2.39. The third-order valence-corrected chi connectivity index (χ3v) is 2.56. The largest absolute Gasteiger partial charge is 0.0778 e. The molecule has 11 heavy (non-hydrogen) atoms. The highest BCUT2D eigenvalue weighted by Crippen LogP contribution is 2.32. The van der Waals surface area contributed by atoms with Crippen LogP contribution in [-0.2, 0) is 0 Å². The summed E-state index contributed by atoms with van der Waals surface area (Å²) >= 11 is 0. The summed E-state index contributed by atoms with van der Waals surface area (Å²) in [5.74, 6) is 0.914. The highest BCUT2D eigenvalue weighted by molar-refractivity contribution is 5.26. The molecule has 0 aromatic rings. The minimum absolute atomic E-state index is 0.914. The van der Waals surface area contributed by atoms with Crippen molar-refractivity contribution in [1.29, 1.82) is 0 Å². The van der Waals surface area contributed by atoms with Gasteiger partial charge in [-0.25, -0.2) is 0 Å². The highest BCUT2D eigenvalue weighted by Gasteiger charge is 2.18. The number of unbranched alkanes of at least 4 members (excludes halogenated alkanes) is 4. The summed E-state index contributed by atoms with van der Waals surface area (Å²) in [5, 5.41) is 0. The van der Waals surface area contributed by atoms with Gasteiger partial charge in [0.2, 0.25) is 0 Å². The van der Waals surface area contributed by atoms with Gasteiger partial charge in [0.25, 0.3) is 0 Å². The van der Waals surface area contributed by atoms with Crippen LogP contribution < -0.4 is 0 Å². The maximum atomic E-state index is 2.39. The van der Waals surface area contributed by atoms with Crippen LogP contribution in [0.15, 0.2) is 11.6 Å². The summed E-state index contributed by atoms with van der Waals surface area (Å²) < 4.78 is 0. The zero-order valence-corrected chi connectivity index (χ0v) is 7.90. The van der Waals surface area contributed by atoms with Crippen molar-refractivity contribution in [2.75, 3.05) is 0 Å². The topological polar surface area (TPSA) is 0 Å². The molecule has 0 amide bonds. The summed E-state index contributed by atoms with van der Waals surface area (Å²) in [6.07, 6.45) is 10.9. The molecule has 0 nitrogen and oxygen atoms in total. The van der Waals surface area contributed by atoms with Crippen LogP contribution >= 0.6 is 0 Å². The average Bonchev–Trinajstić information content (AvgIpc) is 2.67. The monoisotopic (exact) mass is 152 g/mol. The Bertz CT molecular complexity index is 133. The van der Waals surface area contributed by atoms with Gasteiger partial charge in [0, 0.05) is 0 Å². The van der Waals surface area contributed by atoms with Crippen molar-refractivity contribution in [2.45, 2.75) is 52.4 Å². The molecule has 0 fully saturated rings. The number of rotatable bonds is 6. The first kappa shape index (κ1) is 8.83. The lowest BCUT2D eigenvalue weighted by Crippen LogP contribution is -1.82. The van der Waals surface area contributed by atoms with E-state index in [0.717, 1.165) is 5.92 Å². The number of hydrogen-bond donors (Lipinski definition) is 0. The van der Waals surface area contributed by atoms with Gasteiger partial charge in [-0.15, -0.1) is 0 Å². The Kier molecular flexibility index (Phi) is 3.68. The van der Waals surface area contributed by atoms with E-state index in [9.17, 15) is 0 Å². The number of allylic oxidation sites excluding steroid dienone is 2. The molecule has 0 aromatic heterocycles. The van der Waals surface area contributed by atoms with Crippen LogP contribution in [0.25, 0.3) is 0 Å². The summed E-state index contributed by atoms with van der Waals surface area (Å²) in [6.45, 7) is 4.52. The third kappa shape index (κ3) is 3.60. The summed E-state index contributed by atoms with van der Waals surface area (Å²) in [7, 11) is 0. The normalized spacial score (nSPS) is 21.6. The fraction of sp³-hybridized carbons (Fsp3) is 0.818. The zero-order chi connectivity index (χ0) is 8.10. The molecule has 0 aliphatic heterocycles. The van der Waals surface area contributed by atoms with Crippen LogP contribution in [0.4, 0.5) is 0 Å². The molecule has 0 aromatic carbocycles. The Labute approximate surface area is 70.7 Å². The van der Waals surface area contributed by atoms with Crippen LogP contribution in [0.2, 0.25) is 0 Å². The minimum Gasteiger partial charge on any atom is -0.0778 e. The molecular formula is C11H20. The lowest BCUT2D eigenvalue weighted by atomic mass is 10.1. The van der Waals surface area contributed by atoms with Gasteiger partial charge in [0.1, 0.15) is 0 Å². The van der Waals surface area contributed by atoms with Gasteiger partial charge in [-0.05, 0) is 19.3 Å². The second-order valence-electron chi connectivity index (χ2n) is 3.72. The van der Waals surface area contributed by atoms with Crippen molar-refractivity contribution in [3.05, 3.63) is 11.6 Å². The van der Waals surface area contributed by atoms with Crippen molar-refractivity contribution >= 4 is 0 Å². The summed E-state index contributed by atoms with van der Waals surface area (Å²) in [6, 6.07) is 0. The lowest BCUT2D eigenvalue weighted by molar-refractivity contribution is 0.590. The molecule has 0 saturated carbocycles. The minimum atomic E-state index is 0.914. The van der Waals surface area contributed by atoms with Gasteiger partial charge in [-0.2, -0.15) is 0 Å². The Hall–Kier alpha value is -0.260. The molecule has 0 heteroatoms. The van der Waals surface area contributed by atoms with Gasteiger partial charge in [0.05, 0.1) is 0 Å². The summed E-state index contributed by atoms with van der Waals surface area (Å²) in [4.78, 5) is 0. The predicted octanol–water partition coefficient (Wildman–Crippen LogP) is 3.92. The molecule has 0 heterocycles. The van der Waals surface area contributed by atoms with Crippen molar-refractivity contribution < 1.29 is 0 Å². The van der Waals surface area contributed by atoms with E-state index in [1.165, 1.54) is 38.5 Å². The highest BCUT2D eigenvalue weighted by atomic mass is 14.2. The second-order valence-corrected chi connectivity index (χ2v) is 3.72. The van der Waals surface area contributed by atoms with E-state index < -0.39 is 0 Å². The van der Waals surface area contributed by atoms with Crippen LogP contribution in [0.1, 0.15) is 52.4 Å². The molecule has 1 unspecified atom stereocenters. The summed E-state index contributed by atoms with van der Waals surface area (Å²) in [5.41, 5.74) is 1.63. The Morgan fingerprint density at radius 3 is 2.36 bits per heavy atom.